The Hall–Kier alpha value is -3.02. The first-order chi connectivity index (χ1) is 17.5. The normalized spacial score (nSPS) is 14.2. The van der Waals surface area contributed by atoms with Gasteiger partial charge in [-0.25, -0.2) is 4.79 Å². The molecule has 3 aromatic rings. The Balaban J connectivity index is 1.62. The van der Waals surface area contributed by atoms with Crippen LogP contribution in [-0.4, -0.2) is 31.6 Å². The number of nitrogens with one attached hydrogen (secondary N) is 1. The Bertz CT molecular complexity index is 1210. The number of rotatable bonds is 8. The van der Waals surface area contributed by atoms with Crippen molar-refractivity contribution in [1.29, 1.82) is 0 Å². The van der Waals surface area contributed by atoms with Gasteiger partial charge >= 0.3 is 5.97 Å². The zero-order valence-electron chi connectivity index (χ0n) is 20.3. The smallest absolute Gasteiger partial charge is 0.338 e. The minimum atomic E-state index is -0.472. The number of carbonyl (C=O) groups excluding carboxylic acids is 2. The van der Waals surface area contributed by atoms with Gasteiger partial charge in [0, 0.05) is 34.4 Å². The molecule has 1 amide bonds. The van der Waals surface area contributed by atoms with E-state index in [0.29, 0.717) is 22.2 Å². The van der Waals surface area contributed by atoms with Crippen LogP contribution in [0.15, 0.2) is 66.7 Å². The molecule has 1 unspecified atom stereocenters. The SMILES string of the molecule is CCOC(=O)c1ccc(CC(=O)NC(c2ccccc2Cl)c2cc(Cl)ccc2N2CCCCC2)cc1. The number of nitrogens with zero attached hydrogens (tertiary/aromatic N) is 1. The second-order valence-electron chi connectivity index (χ2n) is 8.87. The molecule has 1 saturated heterocycles. The molecular weight excluding hydrogens is 495 g/mol. The summed E-state index contributed by atoms with van der Waals surface area (Å²) >= 11 is 13.1. The standard InChI is InChI=1S/C29H30Cl2N2O3/c1-2-36-29(35)21-12-10-20(11-13-21)18-27(34)32-28(23-8-4-5-9-25(23)31)24-19-22(30)14-15-26(24)33-16-6-3-7-17-33/h4-5,8-15,19,28H,2-3,6-7,16-18H2,1H3,(H,32,34). The Labute approximate surface area is 222 Å². The van der Waals surface area contributed by atoms with Gasteiger partial charge in [-0.05, 0) is 73.7 Å². The maximum atomic E-state index is 13.3. The van der Waals surface area contributed by atoms with Crippen LogP contribution in [0.1, 0.15) is 59.3 Å². The van der Waals surface area contributed by atoms with E-state index in [4.69, 9.17) is 27.9 Å². The minimum absolute atomic E-state index is 0.156. The summed E-state index contributed by atoms with van der Waals surface area (Å²) in [7, 11) is 0. The van der Waals surface area contributed by atoms with Crippen LogP contribution in [0, 0.1) is 0 Å². The molecule has 1 aliphatic rings. The molecule has 1 atom stereocenters. The zero-order chi connectivity index (χ0) is 25.5. The number of piperidine rings is 1. The fourth-order valence-corrected chi connectivity index (χ4v) is 5.01. The Morgan fingerprint density at radius 2 is 1.67 bits per heavy atom. The lowest BCUT2D eigenvalue weighted by Crippen LogP contribution is -2.34. The number of esters is 1. The van der Waals surface area contributed by atoms with Crippen LogP contribution in [0.2, 0.25) is 10.0 Å². The van der Waals surface area contributed by atoms with E-state index in [1.54, 1.807) is 31.2 Å². The summed E-state index contributed by atoms with van der Waals surface area (Å²) in [5.41, 5.74) is 4.04. The molecule has 36 heavy (non-hydrogen) atoms. The van der Waals surface area contributed by atoms with Gasteiger partial charge in [-0.3, -0.25) is 4.79 Å². The molecule has 4 rings (SSSR count). The van der Waals surface area contributed by atoms with Crippen LogP contribution in [0.5, 0.6) is 0 Å². The maximum Gasteiger partial charge on any atom is 0.338 e. The fourth-order valence-electron chi connectivity index (χ4n) is 4.58. The van der Waals surface area contributed by atoms with Gasteiger partial charge in [0.25, 0.3) is 0 Å². The number of ether oxygens (including phenoxy) is 1. The number of hydrogen-bond acceptors (Lipinski definition) is 4. The van der Waals surface area contributed by atoms with Gasteiger partial charge in [0.05, 0.1) is 24.6 Å². The maximum absolute atomic E-state index is 13.3. The number of halogens is 2. The average Bonchev–Trinajstić information content (AvgIpc) is 2.89. The first-order valence-corrected chi connectivity index (χ1v) is 13.1. The van der Waals surface area contributed by atoms with Crippen molar-refractivity contribution >= 4 is 40.8 Å². The topological polar surface area (TPSA) is 58.6 Å². The quantitative estimate of drug-likeness (QED) is 0.337. The summed E-state index contributed by atoms with van der Waals surface area (Å²) in [4.78, 5) is 27.6. The van der Waals surface area contributed by atoms with Crippen LogP contribution in [0.3, 0.4) is 0 Å². The molecule has 0 aromatic heterocycles. The van der Waals surface area contributed by atoms with E-state index in [9.17, 15) is 9.59 Å². The molecule has 1 fully saturated rings. The van der Waals surface area contributed by atoms with Crippen LogP contribution in [0.25, 0.3) is 0 Å². The Morgan fingerprint density at radius 3 is 2.36 bits per heavy atom. The van der Waals surface area contributed by atoms with Gasteiger partial charge in [-0.2, -0.15) is 0 Å². The summed E-state index contributed by atoms with van der Waals surface area (Å²) < 4.78 is 5.04. The van der Waals surface area contributed by atoms with Crippen molar-refractivity contribution in [3.63, 3.8) is 0 Å². The Morgan fingerprint density at radius 1 is 0.944 bits per heavy atom. The molecule has 0 radical (unpaired) electrons. The number of anilines is 1. The largest absolute Gasteiger partial charge is 0.462 e. The van der Waals surface area contributed by atoms with Crippen molar-refractivity contribution in [2.45, 2.75) is 38.6 Å². The summed E-state index contributed by atoms with van der Waals surface area (Å²) in [5, 5.41) is 4.38. The lowest BCUT2D eigenvalue weighted by Gasteiger charge is -2.33. The molecule has 1 aliphatic heterocycles. The molecule has 0 spiro atoms. The third kappa shape index (κ3) is 6.40. The van der Waals surface area contributed by atoms with Crippen LogP contribution < -0.4 is 10.2 Å². The predicted molar refractivity (Wildman–Crippen MR) is 145 cm³/mol. The number of amides is 1. The molecular formula is C29H30Cl2N2O3. The van der Waals surface area contributed by atoms with E-state index in [1.165, 1.54) is 6.42 Å². The third-order valence-electron chi connectivity index (χ3n) is 6.35. The number of hydrogen-bond donors (Lipinski definition) is 1. The zero-order valence-corrected chi connectivity index (χ0v) is 21.8. The average molecular weight is 525 g/mol. The van der Waals surface area contributed by atoms with Gasteiger partial charge in [-0.1, -0.05) is 53.5 Å². The molecule has 0 aliphatic carbocycles. The van der Waals surface area contributed by atoms with Gasteiger partial charge < -0.3 is 15.0 Å². The highest BCUT2D eigenvalue weighted by atomic mass is 35.5. The van der Waals surface area contributed by atoms with E-state index < -0.39 is 6.04 Å². The van der Waals surface area contributed by atoms with Crippen LogP contribution in [-0.2, 0) is 16.0 Å². The molecule has 1 N–H and O–H groups in total. The molecule has 0 saturated carbocycles. The van der Waals surface area contributed by atoms with E-state index in [1.807, 2.05) is 42.5 Å². The van der Waals surface area contributed by atoms with Crippen molar-refractivity contribution in [2.24, 2.45) is 0 Å². The first-order valence-electron chi connectivity index (χ1n) is 12.3. The van der Waals surface area contributed by atoms with Crippen molar-refractivity contribution in [3.05, 3.63) is 99.0 Å². The van der Waals surface area contributed by atoms with E-state index in [2.05, 4.69) is 10.2 Å². The predicted octanol–water partition coefficient (Wildman–Crippen LogP) is 6.61. The molecule has 7 heteroatoms. The minimum Gasteiger partial charge on any atom is -0.462 e. The van der Waals surface area contributed by atoms with Crippen LogP contribution in [0.4, 0.5) is 5.69 Å². The van der Waals surface area contributed by atoms with Crippen molar-refractivity contribution in [2.75, 3.05) is 24.6 Å². The van der Waals surface area contributed by atoms with E-state index in [0.717, 1.165) is 48.3 Å². The third-order valence-corrected chi connectivity index (χ3v) is 6.93. The molecule has 1 heterocycles. The van der Waals surface area contributed by atoms with Gasteiger partial charge in [0.2, 0.25) is 5.91 Å². The number of carbonyl (C=O) groups is 2. The molecule has 3 aromatic carbocycles. The van der Waals surface area contributed by atoms with Gasteiger partial charge in [-0.15, -0.1) is 0 Å². The summed E-state index contributed by atoms with van der Waals surface area (Å²) in [6.45, 7) is 4.01. The highest BCUT2D eigenvalue weighted by Crippen LogP contribution is 2.37. The lowest BCUT2D eigenvalue weighted by molar-refractivity contribution is -0.120. The second-order valence-corrected chi connectivity index (χ2v) is 9.71. The second kappa shape index (κ2) is 12.3. The van der Waals surface area contributed by atoms with E-state index >= 15 is 0 Å². The summed E-state index contributed by atoms with van der Waals surface area (Å²) in [6.07, 6.45) is 3.64. The highest BCUT2D eigenvalue weighted by Gasteiger charge is 2.25. The van der Waals surface area contributed by atoms with Gasteiger partial charge in [0.15, 0.2) is 0 Å². The molecule has 0 bridgehead atoms. The highest BCUT2D eigenvalue weighted by molar-refractivity contribution is 6.31. The van der Waals surface area contributed by atoms with E-state index in [-0.39, 0.29) is 18.3 Å². The Kier molecular flexibility index (Phi) is 8.89. The summed E-state index contributed by atoms with van der Waals surface area (Å²) in [6, 6.07) is 19.8. The fraction of sp³-hybridized carbons (Fsp3) is 0.310. The molecule has 188 valence electrons. The van der Waals surface area contributed by atoms with Crippen molar-refractivity contribution in [1.82, 2.24) is 5.32 Å². The van der Waals surface area contributed by atoms with Crippen molar-refractivity contribution in [3.8, 4) is 0 Å². The lowest BCUT2D eigenvalue weighted by atomic mass is 9.95. The molecule has 5 nitrogen and oxygen atoms in total. The first kappa shape index (κ1) is 26.1. The number of benzene rings is 3. The summed E-state index contributed by atoms with van der Waals surface area (Å²) in [5.74, 6) is -0.535. The van der Waals surface area contributed by atoms with Crippen molar-refractivity contribution < 1.29 is 14.3 Å². The van der Waals surface area contributed by atoms with Gasteiger partial charge in [0.1, 0.15) is 0 Å². The van der Waals surface area contributed by atoms with Crippen LogP contribution >= 0.6 is 23.2 Å². The monoisotopic (exact) mass is 524 g/mol.